The van der Waals surface area contributed by atoms with Gasteiger partial charge in [0.25, 0.3) is 0 Å². The minimum absolute atomic E-state index is 0.0667. The van der Waals surface area contributed by atoms with Gasteiger partial charge in [-0.1, -0.05) is 36.0 Å². The van der Waals surface area contributed by atoms with Gasteiger partial charge >= 0.3 is 0 Å². The van der Waals surface area contributed by atoms with Gasteiger partial charge in [0.05, 0.1) is 5.75 Å². The molecule has 0 radical (unpaired) electrons. The lowest BCUT2D eigenvalue weighted by Gasteiger charge is -2.10. The normalized spacial score (nSPS) is 10.8. The molecule has 3 rings (SSSR count). The fourth-order valence-corrected chi connectivity index (χ4v) is 3.87. The third-order valence-electron chi connectivity index (χ3n) is 4.42. The second-order valence-corrected chi connectivity index (χ2v) is 7.85. The van der Waals surface area contributed by atoms with E-state index in [2.05, 4.69) is 21.6 Å². The Hall–Kier alpha value is -2.80. The number of hydrogen-bond acceptors (Lipinski definition) is 5. The summed E-state index contributed by atoms with van der Waals surface area (Å²) < 4.78 is 7.90. The van der Waals surface area contributed by atoms with Crippen LogP contribution in [-0.2, 0) is 17.9 Å². The van der Waals surface area contributed by atoms with Crippen LogP contribution < -0.4 is 10.1 Å². The van der Waals surface area contributed by atoms with E-state index in [0.29, 0.717) is 18.3 Å². The molecule has 7 heteroatoms. The highest BCUT2D eigenvalue weighted by molar-refractivity contribution is 7.99. The third kappa shape index (κ3) is 5.60. The van der Waals surface area contributed by atoms with Gasteiger partial charge < -0.3 is 14.6 Å². The van der Waals surface area contributed by atoms with E-state index >= 15 is 0 Å². The molecule has 1 heterocycles. The topological polar surface area (TPSA) is 69.0 Å². The van der Waals surface area contributed by atoms with Crippen LogP contribution in [0.25, 0.3) is 0 Å². The van der Waals surface area contributed by atoms with Crippen LogP contribution in [0.4, 0.5) is 5.69 Å². The van der Waals surface area contributed by atoms with Gasteiger partial charge in [-0.25, -0.2) is 0 Å². The average Bonchev–Trinajstić information content (AvgIpc) is 3.07. The van der Waals surface area contributed by atoms with Crippen molar-refractivity contribution < 1.29 is 9.53 Å². The van der Waals surface area contributed by atoms with E-state index in [-0.39, 0.29) is 11.7 Å². The molecule has 0 atom stereocenters. The zero-order valence-electron chi connectivity index (χ0n) is 17.2. The molecule has 0 aliphatic rings. The fraction of sp³-hybridized carbons (Fsp3) is 0.318. The lowest BCUT2D eigenvalue weighted by Crippen LogP contribution is -2.15. The summed E-state index contributed by atoms with van der Waals surface area (Å²) in [6.45, 7) is 9.13. The number of nitrogens with one attached hydrogen (secondary N) is 1. The average molecular weight is 411 g/mol. The van der Waals surface area contributed by atoms with E-state index in [1.807, 2.05) is 68.7 Å². The summed E-state index contributed by atoms with van der Waals surface area (Å²) in [7, 11) is 0. The Balaban J connectivity index is 1.60. The molecule has 6 nitrogen and oxygen atoms in total. The number of carbonyl (C=O) groups is 1. The first kappa shape index (κ1) is 20.9. The highest BCUT2D eigenvalue weighted by atomic mass is 32.2. The molecule has 0 unspecified atom stereocenters. The summed E-state index contributed by atoms with van der Waals surface area (Å²) in [5.41, 5.74) is 4.19. The quantitative estimate of drug-likeness (QED) is 0.553. The maximum Gasteiger partial charge on any atom is 0.234 e. The number of anilines is 1. The molecule has 29 heavy (non-hydrogen) atoms. The third-order valence-corrected chi connectivity index (χ3v) is 5.39. The van der Waals surface area contributed by atoms with Crippen molar-refractivity contribution in [2.45, 2.75) is 46.0 Å². The molecule has 0 saturated heterocycles. The standard InChI is InChI=1S/C22H26N4O2S/c1-5-26-20(13-28-18-11-15(2)10-16(3)12-18)24-25-22(26)29-14-21(27)23-19-9-7-6-8-17(19)4/h6-12H,5,13-14H2,1-4H3,(H,23,27). The van der Waals surface area contributed by atoms with Crippen LogP contribution in [0.3, 0.4) is 0 Å². The van der Waals surface area contributed by atoms with Gasteiger partial charge in [-0.3, -0.25) is 4.79 Å². The highest BCUT2D eigenvalue weighted by Gasteiger charge is 2.14. The first-order chi connectivity index (χ1) is 14.0. The van der Waals surface area contributed by atoms with E-state index in [4.69, 9.17) is 4.74 Å². The van der Waals surface area contributed by atoms with Crippen molar-refractivity contribution >= 4 is 23.4 Å². The summed E-state index contributed by atoms with van der Waals surface area (Å²) in [5.74, 6) is 1.76. The second-order valence-electron chi connectivity index (χ2n) is 6.91. The van der Waals surface area contributed by atoms with Crippen LogP contribution in [0, 0.1) is 20.8 Å². The van der Waals surface area contributed by atoms with E-state index in [1.54, 1.807) is 0 Å². The van der Waals surface area contributed by atoms with Crippen molar-refractivity contribution in [1.29, 1.82) is 0 Å². The monoisotopic (exact) mass is 410 g/mol. The van der Waals surface area contributed by atoms with Crippen LogP contribution in [0.1, 0.15) is 29.4 Å². The molecule has 2 aromatic carbocycles. The van der Waals surface area contributed by atoms with Crippen molar-refractivity contribution in [3.8, 4) is 5.75 Å². The predicted molar refractivity (Wildman–Crippen MR) is 116 cm³/mol. The Labute approximate surface area is 175 Å². The number of nitrogens with zero attached hydrogens (tertiary/aromatic N) is 3. The maximum absolute atomic E-state index is 12.3. The molecule has 0 fully saturated rings. The van der Waals surface area contributed by atoms with E-state index in [9.17, 15) is 4.79 Å². The molecule has 1 N–H and O–H groups in total. The number of amides is 1. The largest absolute Gasteiger partial charge is 0.486 e. The zero-order chi connectivity index (χ0) is 20.8. The lowest BCUT2D eigenvalue weighted by molar-refractivity contribution is -0.113. The first-order valence-corrected chi connectivity index (χ1v) is 10.6. The van der Waals surface area contributed by atoms with Gasteiger partial charge in [-0.2, -0.15) is 0 Å². The molecule has 0 saturated carbocycles. The van der Waals surface area contributed by atoms with Gasteiger partial charge in [-0.05, 0) is 62.6 Å². The number of aromatic nitrogens is 3. The minimum Gasteiger partial charge on any atom is -0.486 e. The number of para-hydroxylation sites is 1. The summed E-state index contributed by atoms with van der Waals surface area (Å²) >= 11 is 1.37. The van der Waals surface area contributed by atoms with Gasteiger partial charge in [0, 0.05) is 12.2 Å². The molecule has 152 valence electrons. The van der Waals surface area contributed by atoms with Crippen LogP contribution in [0.15, 0.2) is 47.6 Å². The van der Waals surface area contributed by atoms with Crippen molar-refractivity contribution in [1.82, 2.24) is 14.8 Å². The van der Waals surface area contributed by atoms with Crippen LogP contribution in [0.5, 0.6) is 5.75 Å². The number of rotatable bonds is 8. The van der Waals surface area contributed by atoms with Crippen LogP contribution >= 0.6 is 11.8 Å². The smallest absolute Gasteiger partial charge is 0.234 e. The van der Waals surface area contributed by atoms with Crippen molar-refractivity contribution in [3.05, 3.63) is 65.0 Å². The lowest BCUT2D eigenvalue weighted by atomic mass is 10.1. The number of thioether (sulfide) groups is 1. The minimum atomic E-state index is -0.0667. The van der Waals surface area contributed by atoms with Crippen molar-refractivity contribution in [2.75, 3.05) is 11.1 Å². The number of carbonyl (C=O) groups excluding carboxylic acids is 1. The summed E-state index contributed by atoms with van der Waals surface area (Å²) in [6, 6.07) is 13.8. The van der Waals surface area contributed by atoms with E-state index in [1.165, 1.54) is 11.8 Å². The molecule has 0 spiro atoms. The zero-order valence-corrected chi connectivity index (χ0v) is 18.0. The summed E-state index contributed by atoms with van der Waals surface area (Å²) in [6.07, 6.45) is 0. The molecule has 0 aliphatic heterocycles. The maximum atomic E-state index is 12.3. The second kappa shape index (κ2) is 9.60. The Morgan fingerprint density at radius 2 is 1.83 bits per heavy atom. The van der Waals surface area contributed by atoms with Crippen LogP contribution in [0.2, 0.25) is 0 Å². The Kier molecular flexibility index (Phi) is 6.93. The molecular weight excluding hydrogens is 384 g/mol. The van der Waals surface area contributed by atoms with Crippen molar-refractivity contribution in [2.24, 2.45) is 0 Å². The Morgan fingerprint density at radius 1 is 1.10 bits per heavy atom. The Bertz CT molecular complexity index is 980. The van der Waals surface area contributed by atoms with Crippen molar-refractivity contribution in [3.63, 3.8) is 0 Å². The number of ether oxygens (including phenoxy) is 1. The van der Waals surface area contributed by atoms with Gasteiger partial charge in [0.15, 0.2) is 11.0 Å². The SMILES string of the molecule is CCn1c(COc2cc(C)cc(C)c2)nnc1SCC(=O)Nc1ccccc1C. The fourth-order valence-electron chi connectivity index (χ4n) is 3.04. The molecule has 0 bridgehead atoms. The van der Waals surface area contributed by atoms with Gasteiger partial charge in [0.1, 0.15) is 12.4 Å². The number of benzene rings is 2. The number of hydrogen-bond donors (Lipinski definition) is 1. The Morgan fingerprint density at radius 3 is 2.52 bits per heavy atom. The molecular formula is C22H26N4O2S. The predicted octanol–water partition coefficient (Wildman–Crippen LogP) is 4.53. The van der Waals surface area contributed by atoms with E-state index in [0.717, 1.165) is 34.0 Å². The van der Waals surface area contributed by atoms with Gasteiger partial charge in [-0.15, -0.1) is 10.2 Å². The molecule has 1 aromatic heterocycles. The first-order valence-electron chi connectivity index (χ1n) is 9.57. The van der Waals surface area contributed by atoms with E-state index < -0.39 is 0 Å². The van der Waals surface area contributed by atoms with Gasteiger partial charge in [0.2, 0.25) is 5.91 Å². The van der Waals surface area contributed by atoms with Crippen LogP contribution in [-0.4, -0.2) is 26.4 Å². The summed E-state index contributed by atoms with van der Waals surface area (Å²) in [4.78, 5) is 12.3. The summed E-state index contributed by atoms with van der Waals surface area (Å²) in [5, 5.41) is 12.2. The molecule has 0 aliphatic carbocycles. The highest BCUT2D eigenvalue weighted by Crippen LogP contribution is 2.21. The number of aryl methyl sites for hydroxylation is 3. The molecule has 3 aromatic rings. The molecule has 1 amide bonds.